The van der Waals surface area contributed by atoms with E-state index in [1.165, 1.54) is 12.8 Å². The van der Waals surface area contributed by atoms with E-state index in [1.54, 1.807) is 0 Å². The summed E-state index contributed by atoms with van der Waals surface area (Å²) in [5, 5.41) is 21.9. The van der Waals surface area contributed by atoms with Gasteiger partial charge in [0, 0.05) is 24.8 Å². The summed E-state index contributed by atoms with van der Waals surface area (Å²) in [6, 6.07) is 4.41. The minimum absolute atomic E-state index is 0.255. The van der Waals surface area contributed by atoms with E-state index in [-0.39, 0.29) is 6.61 Å². The predicted octanol–water partition coefficient (Wildman–Crippen LogP) is 2.22. The van der Waals surface area contributed by atoms with Gasteiger partial charge in [0.2, 0.25) is 0 Å². The van der Waals surface area contributed by atoms with Gasteiger partial charge in [-0.25, -0.2) is 4.98 Å². The third-order valence-electron chi connectivity index (χ3n) is 4.46. The van der Waals surface area contributed by atoms with Gasteiger partial charge >= 0.3 is 0 Å². The van der Waals surface area contributed by atoms with Gasteiger partial charge in [0.1, 0.15) is 11.9 Å². The Morgan fingerprint density at radius 2 is 2.27 bits per heavy atom. The first-order chi connectivity index (χ1) is 10.7. The van der Waals surface area contributed by atoms with Crippen molar-refractivity contribution in [1.29, 1.82) is 5.26 Å². The molecule has 1 fully saturated rings. The summed E-state index contributed by atoms with van der Waals surface area (Å²) in [6.07, 6.45) is 4.52. The summed E-state index contributed by atoms with van der Waals surface area (Å²) < 4.78 is 0. The molecule has 5 nitrogen and oxygen atoms in total. The van der Waals surface area contributed by atoms with Crippen molar-refractivity contribution >= 4 is 5.82 Å². The lowest BCUT2D eigenvalue weighted by Gasteiger charge is -2.34. The topological polar surface area (TPSA) is 72.2 Å². The quantitative estimate of drug-likeness (QED) is 0.788. The maximum atomic E-state index is 9.42. The first-order valence-corrected chi connectivity index (χ1v) is 8.13. The largest absolute Gasteiger partial charge is 0.395 e. The molecule has 5 heteroatoms. The van der Waals surface area contributed by atoms with Crippen molar-refractivity contribution < 1.29 is 5.11 Å². The van der Waals surface area contributed by atoms with E-state index in [0.29, 0.717) is 17.4 Å². The Hall–Kier alpha value is -1.64. The van der Waals surface area contributed by atoms with E-state index < -0.39 is 0 Å². The van der Waals surface area contributed by atoms with Crippen LogP contribution in [0.4, 0.5) is 5.82 Å². The van der Waals surface area contributed by atoms with Crippen molar-refractivity contribution in [3.05, 3.63) is 22.9 Å². The number of aromatic nitrogens is 1. The van der Waals surface area contributed by atoms with Crippen molar-refractivity contribution in [2.45, 2.75) is 45.6 Å². The summed E-state index contributed by atoms with van der Waals surface area (Å²) in [7, 11) is 0. The number of nitrogens with zero attached hydrogens (tertiary/aromatic N) is 3. The van der Waals surface area contributed by atoms with E-state index >= 15 is 0 Å². The minimum Gasteiger partial charge on any atom is -0.395 e. The van der Waals surface area contributed by atoms with Crippen LogP contribution in [0.15, 0.2) is 6.07 Å². The zero-order valence-electron chi connectivity index (χ0n) is 13.6. The standard InChI is InChI=1S/C17H26N4O/c1-13-10-15(11-18)17(20-14(13)2)19-7-5-9-21-8-4-3-6-16(21)12-22/h10,16,22H,3-9,12H2,1-2H3,(H,19,20)/t16-/m0/s1. The van der Waals surface area contributed by atoms with Crippen molar-refractivity contribution in [1.82, 2.24) is 9.88 Å². The number of likely N-dealkylation sites (tertiary alicyclic amines) is 1. The summed E-state index contributed by atoms with van der Waals surface area (Å²) in [5.41, 5.74) is 2.60. The lowest BCUT2D eigenvalue weighted by atomic mass is 10.0. The second-order valence-corrected chi connectivity index (χ2v) is 6.05. The highest BCUT2D eigenvalue weighted by atomic mass is 16.3. The molecule has 0 saturated carbocycles. The van der Waals surface area contributed by atoms with Crippen molar-refractivity contribution in [2.75, 3.05) is 31.6 Å². The van der Waals surface area contributed by atoms with Gasteiger partial charge in [0.05, 0.1) is 12.2 Å². The maximum absolute atomic E-state index is 9.42. The van der Waals surface area contributed by atoms with Gasteiger partial charge in [0.25, 0.3) is 0 Å². The van der Waals surface area contributed by atoms with Crippen LogP contribution in [0.2, 0.25) is 0 Å². The Kier molecular flexibility index (Phi) is 6.17. The number of nitriles is 1. The molecule has 1 atom stereocenters. The summed E-state index contributed by atoms with van der Waals surface area (Å²) in [6.45, 7) is 7.03. The second kappa shape index (κ2) is 8.11. The number of aliphatic hydroxyl groups is 1. The Labute approximate surface area is 133 Å². The molecule has 0 radical (unpaired) electrons. The van der Waals surface area contributed by atoms with Crippen molar-refractivity contribution in [3.63, 3.8) is 0 Å². The fourth-order valence-electron chi connectivity index (χ4n) is 2.98. The van der Waals surface area contributed by atoms with Crippen LogP contribution in [-0.4, -0.2) is 47.3 Å². The number of hydrogen-bond donors (Lipinski definition) is 2. The average Bonchev–Trinajstić information content (AvgIpc) is 2.54. The van der Waals surface area contributed by atoms with E-state index in [0.717, 1.165) is 43.7 Å². The summed E-state index contributed by atoms with van der Waals surface area (Å²) in [5.74, 6) is 0.683. The SMILES string of the molecule is Cc1cc(C#N)c(NCCCN2CCCC[C@H]2CO)nc1C. The summed E-state index contributed by atoms with van der Waals surface area (Å²) in [4.78, 5) is 6.85. The van der Waals surface area contributed by atoms with Crippen LogP contribution >= 0.6 is 0 Å². The van der Waals surface area contributed by atoms with Crippen LogP contribution in [0.1, 0.15) is 42.5 Å². The molecule has 1 aliphatic rings. The Morgan fingerprint density at radius 3 is 3.00 bits per heavy atom. The minimum atomic E-state index is 0.255. The van der Waals surface area contributed by atoms with E-state index in [1.807, 2.05) is 19.9 Å². The third-order valence-corrected chi connectivity index (χ3v) is 4.46. The highest BCUT2D eigenvalue weighted by Crippen LogP contribution is 2.18. The Bertz CT molecular complexity index is 538. The van der Waals surface area contributed by atoms with E-state index in [9.17, 15) is 10.4 Å². The zero-order valence-corrected chi connectivity index (χ0v) is 13.6. The molecule has 1 aliphatic heterocycles. The number of hydrogen-bond acceptors (Lipinski definition) is 5. The molecule has 1 saturated heterocycles. The molecule has 0 unspecified atom stereocenters. The van der Waals surface area contributed by atoms with E-state index in [4.69, 9.17) is 0 Å². The fourth-order valence-corrected chi connectivity index (χ4v) is 2.98. The van der Waals surface area contributed by atoms with Crippen molar-refractivity contribution in [3.8, 4) is 6.07 Å². The number of rotatable bonds is 6. The summed E-state index contributed by atoms with van der Waals surface area (Å²) >= 11 is 0. The van der Waals surface area contributed by atoms with Crippen LogP contribution in [0.25, 0.3) is 0 Å². The number of aliphatic hydroxyl groups excluding tert-OH is 1. The molecule has 2 rings (SSSR count). The Balaban J connectivity index is 1.84. The molecule has 1 aromatic rings. The zero-order chi connectivity index (χ0) is 15.9. The number of pyridine rings is 1. The normalized spacial score (nSPS) is 18.9. The Morgan fingerprint density at radius 1 is 1.45 bits per heavy atom. The predicted molar refractivity (Wildman–Crippen MR) is 87.8 cm³/mol. The number of nitrogens with one attached hydrogen (secondary N) is 1. The van der Waals surface area contributed by atoms with Gasteiger partial charge < -0.3 is 10.4 Å². The molecule has 0 spiro atoms. The van der Waals surface area contributed by atoms with Gasteiger partial charge in [-0.3, -0.25) is 4.90 Å². The molecule has 120 valence electrons. The fraction of sp³-hybridized carbons (Fsp3) is 0.647. The molecule has 2 N–H and O–H groups in total. The molecule has 0 aromatic carbocycles. The van der Waals surface area contributed by atoms with Crippen LogP contribution in [-0.2, 0) is 0 Å². The molecule has 0 amide bonds. The lowest BCUT2D eigenvalue weighted by molar-refractivity contribution is 0.0901. The highest BCUT2D eigenvalue weighted by Gasteiger charge is 2.20. The van der Waals surface area contributed by atoms with Crippen LogP contribution < -0.4 is 5.32 Å². The molecule has 0 aliphatic carbocycles. The second-order valence-electron chi connectivity index (χ2n) is 6.05. The van der Waals surface area contributed by atoms with Gasteiger partial charge in [-0.05, 0) is 51.3 Å². The van der Waals surface area contributed by atoms with Gasteiger partial charge in [0.15, 0.2) is 0 Å². The highest BCUT2D eigenvalue weighted by molar-refractivity contribution is 5.53. The molecule has 2 heterocycles. The molecular weight excluding hydrogens is 276 g/mol. The molecule has 22 heavy (non-hydrogen) atoms. The first-order valence-electron chi connectivity index (χ1n) is 8.13. The van der Waals surface area contributed by atoms with Crippen molar-refractivity contribution in [2.24, 2.45) is 0 Å². The third kappa shape index (κ3) is 4.19. The molecule has 0 bridgehead atoms. The number of anilines is 1. The number of aryl methyl sites for hydroxylation is 2. The van der Waals surface area contributed by atoms with Gasteiger partial charge in [-0.1, -0.05) is 6.42 Å². The van der Waals surface area contributed by atoms with Gasteiger partial charge in [-0.15, -0.1) is 0 Å². The lowest BCUT2D eigenvalue weighted by Crippen LogP contribution is -2.42. The maximum Gasteiger partial charge on any atom is 0.144 e. The average molecular weight is 302 g/mol. The van der Waals surface area contributed by atoms with Crippen LogP contribution in [0.3, 0.4) is 0 Å². The van der Waals surface area contributed by atoms with E-state index in [2.05, 4.69) is 21.3 Å². The molecular formula is C17H26N4O. The van der Waals surface area contributed by atoms with Crippen LogP contribution in [0.5, 0.6) is 0 Å². The smallest absolute Gasteiger partial charge is 0.144 e. The first kappa shape index (κ1) is 16.7. The number of piperidine rings is 1. The molecule has 1 aromatic heterocycles. The van der Waals surface area contributed by atoms with Gasteiger partial charge in [-0.2, -0.15) is 5.26 Å². The van der Waals surface area contributed by atoms with Crippen LogP contribution in [0, 0.1) is 25.2 Å². The monoisotopic (exact) mass is 302 g/mol.